The van der Waals surface area contributed by atoms with Crippen molar-refractivity contribution in [3.63, 3.8) is 0 Å². The first-order valence-electron chi connectivity index (χ1n) is 12.4. The van der Waals surface area contributed by atoms with E-state index >= 15 is 0 Å². The lowest BCUT2D eigenvalue weighted by atomic mass is 10.1. The van der Waals surface area contributed by atoms with E-state index in [4.69, 9.17) is 27.6 Å². The normalized spacial score (nSPS) is 14.1. The number of para-hydroxylation sites is 1. The van der Waals surface area contributed by atoms with Crippen molar-refractivity contribution in [3.05, 3.63) is 148 Å². The average Bonchev–Trinajstić information content (AvgIpc) is 3.56. The Morgan fingerprint density at radius 1 is 0.692 bits per heavy atom. The van der Waals surface area contributed by atoms with Gasteiger partial charge in [-0.25, -0.2) is 0 Å². The molecule has 4 aromatic carbocycles. The molecule has 39 heavy (non-hydrogen) atoms. The number of hydrogen-bond acceptors (Lipinski definition) is 3. The van der Waals surface area contributed by atoms with Crippen molar-refractivity contribution in [3.8, 4) is 11.3 Å². The number of benzene rings is 4. The minimum atomic E-state index is -0.134. The van der Waals surface area contributed by atoms with Crippen LogP contribution in [0, 0.1) is 0 Å². The van der Waals surface area contributed by atoms with Gasteiger partial charge in [0, 0.05) is 28.2 Å². The molecule has 0 unspecified atom stereocenters. The van der Waals surface area contributed by atoms with Crippen molar-refractivity contribution in [1.29, 1.82) is 0 Å². The summed E-state index contributed by atoms with van der Waals surface area (Å²) in [6.07, 6.45) is 3.66. The molecule has 0 fully saturated rings. The summed E-state index contributed by atoms with van der Waals surface area (Å²) in [5.74, 6) is 1.06. The molecule has 0 radical (unpaired) electrons. The molecule has 0 aliphatic carbocycles. The predicted molar refractivity (Wildman–Crippen MR) is 160 cm³/mol. The van der Waals surface area contributed by atoms with Gasteiger partial charge in [0.05, 0.1) is 15.7 Å². The van der Waals surface area contributed by atoms with Crippen LogP contribution in [0.2, 0.25) is 10.0 Å². The highest BCUT2D eigenvalue weighted by molar-refractivity contribution is 6.42. The highest BCUT2D eigenvalue weighted by Gasteiger charge is 2.30. The Balaban J connectivity index is 1.32. The zero-order valence-electron chi connectivity index (χ0n) is 20.6. The number of carbonyl (C=O) groups excluding carboxylic acids is 1. The van der Waals surface area contributed by atoms with Crippen LogP contribution in [-0.4, -0.2) is 5.91 Å². The Kier molecular flexibility index (Phi) is 6.80. The summed E-state index contributed by atoms with van der Waals surface area (Å²) in [6.45, 7) is 0. The number of carbonyl (C=O) groups is 1. The summed E-state index contributed by atoms with van der Waals surface area (Å²) in [4.78, 5) is 15.5. The molecular weight excluding hydrogens is 527 g/mol. The van der Waals surface area contributed by atoms with E-state index in [9.17, 15) is 4.79 Å². The van der Waals surface area contributed by atoms with Gasteiger partial charge in [0.25, 0.3) is 5.91 Å². The first-order chi connectivity index (χ1) is 19.0. The number of anilines is 3. The van der Waals surface area contributed by atoms with Crippen LogP contribution in [-0.2, 0) is 4.79 Å². The van der Waals surface area contributed by atoms with Crippen LogP contribution in [0.25, 0.3) is 23.1 Å². The molecule has 2 heterocycles. The summed E-state index contributed by atoms with van der Waals surface area (Å²) in [5, 5.41) is 4.31. The van der Waals surface area contributed by atoms with E-state index in [1.807, 2.05) is 109 Å². The van der Waals surface area contributed by atoms with Gasteiger partial charge in [-0.1, -0.05) is 71.7 Å². The van der Waals surface area contributed by atoms with Gasteiger partial charge in [0.1, 0.15) is 11.5 Å². The lowest BCUT2D eigenvalue weighted by Crippen LogP contribution is -2.24. The monoisotopic (exact) mass is 548 g/mol. The number of halogens is 2. The van der Waals surface area contributed by atoms with Crippen molar-refractivity contribution in [2.24, 2.45) is 0 Å². The summed E-state index contributed by atoms with van der Waals surface area (Å²) >= 11 is 12.2. The van der Waals surface area contributed by atoms with Crippen LogP contribution in [0.1, 0.15) is 11.3 Å². The number of amides is 1. The average molecular weight is 549 g/mol. The van der Waals surface area contributed by atoms with Gasteiger partial charge in [0.2, 0.25) is 0 Å². The van der Waals surface area contributed by atoms with Crippen LogP contribution in [0.3, 0.4) is 0 Å². The van der Waals surface area contributed by atoms with E-state index in [-0.39, 0.29) is 5.91 Å². The van der Waals surface area contributed by atoms with Gasteiger partial charge in [-0.05, 0) is 84.4 Å². The van der Waals surface area contributed by atoms with E-state index < -0.39 is 0 Å². The van der Waals surface area contributed by atoms with Crippen molar-refractivity contribution in [2.45, 2.75) is 0 Å². The highest BCUT2D eigenvalue weighted by Crippen LogP contribution is 2.37. The van der Waals surface area contributed by atoms with E-state index in [0.717, 1.165) is 33.9 Å². The highest BCUT2D eigenvalue weighted by atomic mass is 35.5. The Hall–Kier alpha value is -4.51. The first kappa shape index (κ1) is 24.8. The molecule has 0 spiro atoms. The molecule has 1 aliphatic rings. The molecule has 0 bridgehead atoms. The third-order valence-corrected chi connectivity index (χ3v) is 7.11. The number of nitrogens with zero attached hydrogens (tertiary/aromatic N) is 1. The molecule has 1 N–H and O–H groups in total. The van der Waals surface area contributed by atoms with E-state index in [1.54, 1.807) is 23.1 Å². The van der Waals surface area contributed by atoms with Crippen LogP contribution >= 0.6 is 23.2 Å². The van der Waals surface area contributed by atoms with Crippen molar-refractivity contribution >= 4 is 57.9 Å². The molecule has 5 aromatic rings. The van der Waals surface area contributed by atoms with E-state index in [0.29, 0.717) is 27.1 Å². The maximum atomic E-state index is 13.7. The summed E-state index contributed by atoms with van der Waals surface area (Å²) in [5.41, 5.74) is 5.77. The van der Waals surface area contributed by atoms with Gasteiger partial charge in [0.15, 0.2) is 0 Å². The fraction of sp³-hybridized carbons (Fsp3) is 0. The second-order valence-corrected chi connectivity index (χ2v) is 9.82. The molecule has 1 aromatic heterocycles. The maximum Gasteiger partial charge on any atom is 0.263 e. The van der Waals surface area contributed by atoms with Gasteiger partial charge >= 0.3 is 0 Å². The van der Waals surface area contributed by atoms with Crippen molar-refractivity contribution in [1.82, 2.24) is 0 Å². The molecule has 6 heteroatoms. The van der Waals surface area contributed by atoms with E-state index in [1.165, 1.54) is 0 Å². The first-order valence-corrected chi connectivity index (χ1v) is 13.1. The van der Waals surface area contributed by atoms with Crippen molar-refractivity contribution < 1.29 is 9.21 Å². The smallest absolute Gasteiger partial charge is 0.263 e. The fourth-order valence-electron chi connectivity index (χ4n) is 4.46. The second kappa shape index (κ2) is 10.7. The third kappa shape index (κ3) is 5.26. The Labute approximate surface area is 236 Å². The molecule has 0 saturated heterocycles. The maximum absolute atomic E-state index is 13.7. The van der Waals surface area contributed by atoms with Gasteiger partial charge < -0.3 is 9.73 Å². The number of furan rings is 1. The fourth-order valence-corrected chi connectivity index (χ4v) is 4.76. The molecule has 190 valence electrons. The molecular formula is C33H22Cl2N2O2. The number of nitrogens with one attached hydrogen (secondary N) is 1. The zero-order chi connectivity index (χ0) is 26.8. The molecule has 0 atom stereocenters. The van der Waals surface area contributed by atoms with Crippen LogP contribution < -0.4 is 10.2 Å². The Bertz CT molecular complexity index is 1710. The van der Waals surface area contributed by atoms with Crippen molar-refractivity contribution in [2.75, 3.05) is 10.2 Å². The topological polar surface area (TPSA) is 45.5 Å². The number of rotatable bonds is 6. The zero-order valence-corrected chi connectivity index (χ0v) is 22.2. The van der Waals surface area contributed by atoms with Crippen LogP contribution in [0.15, 0.2) is 131 Å². The summed E-state index contributed by atoms with van der Waals surface area (Å²) in [6, 6.07) is 36.7. The molecule has 1 amide bonds. The van der Waals surface area contributed by atoms with Gasteiger partial charge in [-0.15, -0.1) is 0 Å². The van der Waals surface area contributed by atoms with Gasteiger partial charge in [-0.2, -0.15) is 0 Å². The Morgan fingerprint density at radius 3 is 2.10 bits per heavy atom. The summed E-state index contributed by atoms with van der Waals surface area (Å²) in [7, 11) is 0. The van der Waals surface area contributed by atoms with E-state index in [2.05, 4.69) is 5.32 Å². The minimum absolute atomic E-state index is 0.134. The van der Waals surface area contributed by atoms with Gasteiger partial charge in [-0.3, -0.25) is 9.69 Å². The van der Waals surface area contributed by atoms with Crippen LogP contribution in [0.5, 0.6) is 0 Å². The van der Waals surface area contributed by atoms with Crippen LogP contribution in [0.4, 0.5) is 17.1 Å². The molecule has 1 aliphatic heterocycles. The second-order valence-electron chi connectivity index (χ2n) is 9.00. The largest absolute Gasteiger partial charge is 0.457 e. The summed E-state index contributed by atoms with van der Waals surface area (Å²) < 4.78 is 6.04. The third-order valence-electron chi connectivity index (χ3n) is 6.37. The molecule has 4 nitrogen and oxygen atoms in total. The lowest BCUT2D eigenvalue weighted by molar-refractivity contribution is -0.113. The minimum Gasteiger partial charge on any atom is -0.457 e. The quantitative estimate of drug-likeness (QED) is 0.215. The molecule has 6 rings (SSSR count). The lowest BCUT2D eigenvalue weighted by Gasteiger charge is -2.21. The standard InChI is InChI=1S/C33H22Cl2N2O2/c34-29-17-11-23(20-30(29)35)32-18-16-28(39-32)19-24-21-31(22-7-3-1-4-8-22)37(33(24)38)27-14-12-26(13-15-27)36-25-9-5-2-6-10-25/h1-21,36H/b24-19+. The predicted octanol–water partition coefficient (Wildman–Crippen LogP) is 9.47. The molecule has 0 saturated carbocycles. The Morgan fingerprint density at radius 2 is 1.38 bits per heavy atom. The SMILES string of the molecule is O=C1/C(=C/c2ccc(-c3ccc(Cl)c(Cl)c3)o2)C=C(c2ccccc2)N1c1ccc(Nc2ccccc2)cc1. The number of hydrogen-bond donors (Lipinski definition) is 1.